The molecule has 1 fully saturated rings. The summed E-state index contributed by atoms with van der Waals surface area (Å²) >= 11 is 1.61. The molecule has 24 heavy (non-hydrogen) atoms. The predicted octanol–water partition coefficient (Wildman–Crippen LogP) is 2.29. The van der Waals surface area contributed by atoms with E-state index in [4.69, 9.17) is 0 Å². The summed E-state index contributed by atoms with van der Waals surface area (Å²) in [5.74, 6) is 0.206. The lowest BCUT2D eigenvalue weighted by Gasteiger charge is -2.34. The Hall–Kier alpha value is -1.40. The number of aryl methyl sites for hydroxylation is 2. The summed E-state index contributed by atoms with van der Waals surface area (Å²) in [6, 6.07) is 2.23. The number of carbonyl (C=O) groups is 2. The minimum absolute atomic E-state index is 0.0746. The van der Waals surface area contributed by atoms with Gasteiger partial charge >= 0.3 is 0 Å². The summed E-state index contributed by atoms with van der Waals surface area (Å²) < 4.78 is 0. The summed E-state index contributed by atoms with van der Waals surface area (Å²) in [6.45, 7) is 11.6. The fraction of sp³-hybridized carbons (Fsp3) is 0.667. The van der Waals surface area contributed by atoms with E-state index in [0.29, 0.717) is 19.6 Å². The average Bonchev–Trinajstić information content (AvgIpc) is 2.95. The van der Waals surface area contributed by atoms with Crippen molar-refractivity contribution in [2.45, 2.75) is 46.6 Å². The Labute approximate surface area is 149 Å². The van der Waals surface area contributed by atoms with Crippen LogP contribution < -0.4 is 5.32 Å². The molecule has 2 rings (SSSR count). The molecule has 0 saturated carbocycles. The van der Waals surface area contributed by atoms with Crippen LogP contribution >= 0.6 is 11.3 Å². The molecule has 1 N–H and O–H groups in total. The van der Waals surface area contributed by atoms with Crippen LogP contribution in [-0.2, 0) is 11.2 Å². The summed E-state index contributed by atoms with van der Waals surface area (Å²) in [4.78, 5) is 30.8. The lowest BCUT2D eigenvalue weighted by atomic mass is 10.2. The molecular weight excluding hydrogens is 322 g/mol. The zero-order chi connectivity index (χ0) is 17.7. The highest BCUT2D eigenvalue weighted by Crippen LogP contribution is 2.24. The van der Waals surface area contributed by atoms with Crippen molar-refractivity contribution in [1.82, 2.24) is 15.1 Å². The molecule has 0 spiro atoms. The second kappa shape index (κ2) is 8.62. The number of nitrogens with one attached hydrogen (secondary N) is 1. The molecule has 1 aliphatic heterocycles. The van der Waals surface area contributed by atoms with Crippen molar-refractivity contribution < 1.29 is 9.59 Å². The molecule has 5 nitrogen and oxygen atoms in total. The Balaban J connectivity index is 1.83. The lowest BCUT2D eigenvalue weighted by molar-refractivity contribution is -0.123. The third kappa shape index (κ3) is 4.80. The monoisotopic (exact) mass is 351 g/mol. The van der Waals surface area contributed by atoms with Gasteiger partial charge in [-0.1, -0.05) is 13.8 Å². The smallest absolute Gasteiger partial charge is 0.264 e. The van der Waals surface area contributed by atoms with Crippen LogP contribution in [0, 0.1) is 6.92 Å². The third-order valence-electron chi connectivity index (χ3n) is 4.60. The Morgan fingerprint density at radius 2 is 1.92 bits per heavy atom. The van der Waals surface area contributed by atoms with E-state index >= 15 is 0 Å². The number of nitrogens with zero attached hydrogens (tertiary/aromatic N) is 2. The molecule has 2 heterocycles. The lowest BCUT2D eigenvalue weighted by Crippen LogP contribution is -2.51. The fourth-order valence-corrected chi connectivity index (χ4v) is 3.95. The van der Waals surface area contributed by atoms with Gasteiger partial charge in [0.25, 0.3) is 5.91 Å². The first kappa shape index (κ1) is 18.9. The van der Waals surface area contributed by atoms with Gasteiger partial charge in [0.1, 0.15) is 0 Å². The van der Waals surface area contributed by atoms with Crippen LogP contribution in [0.25, 0.3) is 0 Å². The molecule has 1 atom stereocenters. The average molecular weight is 352 g/mol. The SMILES string of the molecule is CCc1sc(C(=O)N2CCN(CC(=O)NC(C)CC)CC2)cc1C. The highest BCUT2D eigenvalue weighted by Gasteiger charge is 2.24. The number of hydrogen-bond acceptors (Lipinski definition) is 4. The molecule has 0 aromatic carbocycles. The Kier molecular flexibility index (Phi) is 6.80. The quantitative estimate of drug-likeness (QED) is 0.855. The fourth-order valence-electron chi connectivity index (χ4n) is 2.87. The number of piperazine rings is 1. The van der Waals surface area contributed by atoms with E-state index in [1.165, 1.54) is 10.4 Å². The number of amides is 2. The highest BCUT2D eigenvalue weighted by molar-refractivity contribution is 7.14. The maximum atomic E-state index is 12.6. The minimum atomic E-state index is 0.0746. The predicted molar refractivity (Wildman–Crippen MR) is 98.7 cm³/mol. The van der Waals surface area contributed by atoms with Gasteiger partial charge in [-0.15, -0.1) is 11.3 Å². The molecule has 1 saturated heterocycles. The van der Waals surface area contributed by atoms with E-state index in [1.54, 1.807) is 11.3 Å². The van der Waals surface area contributed by atoms with Crippen molar-refractivity contribution in [2.24, 2.45) is 0 Å². The molecule has 6 heteroatoms. The van der Waals surface area contributed by atoms with E-state index < -0.39 is 0 Å². The summed E-state index contributed by atoms with van der Waals surface area (Å²) in [6.07, 6.45) is 1.91. The van der Waals surface area contributed by atoms with Gasteiger partial charge in [0, 0.05) is 37.1 Å². The zero-order valence-electron chi connectivity index (χ0n) is 15.2. The second-order valence-corrected chi connectivity index (χ2v) is 7.65. The minimum Gasteiger partial charge on any atom is -0.353 e. The van der Waals surface area contributed by atoms with Gasteiger partial charge in [-0.05, 0) is 38.3 Å². The van der Waals surface area contributed by atoms with Crippen LogP contribution in [0.2, 0.25) is 0 Å². The van der Waals surface area contributed by atoms with Crippen molar-refractivity contribution in [3.63, 3.8) is 0 Å². The molecule has 0 bridgehead atoms. The van der Waals surface area contributed by atoms with Crippen molar-refractivity contribution in [3.05, 3.63) is 21.4 Å². The van der Waals surface area contributed by atoms with Gasteiger partial charge in [-0.25, -0.2) is 0 Å². The molecule has 1 unspecified atom stereocenters. The summed E-state index contributed by atoms with van der Waals surface area (Å²) in [7, 11) is 0. The van der Waals surface area contributed by atoms with Crippen LogP contribution in [0.5, 0.6) is 0 Å². The zero-order valence-corrected chi connectivity index (χ0v) is 16.0. The molecule has 0 aliphatic carbocycles. The molecule has 1 aromatic rings. The van der Waals surface area contributed by atoms with Crippen molar-refractivity contribution in [2.75, 3.05) is 32.7 Å². The van der Waals surface area contributed by atoms with Gasteiger partial charge in [0.15, 0.2) is 0 Å². The van der Waals surface area contributed by atoms with Crippen molar-refractivity contribution in [3.8, 4) is 0 Å². The van der Waals surface area contributed by atoms with Gasteiger partial charge < -0.3 is 10.2 Å². The van der Waals surface area contributed by atoms with Crippen LogP contribution in [-0.4, -0.2) is 60.4 Å². The van der Waals surface area contributed by atoms with E-state index in [1.807, 2.05) is 17.9 Å². The van der Waals surface area contributed by atoms with Gasteiger partial charge in [-0.3, -0.25) is 14.5 Å². The number of carbonyl (C=O) groups excluding carboxylic acids is 2. The molecule has 134 valence electrons. The number of thiophene rings is 1. The van der Waals surface area contributed by atoms with E-state index in [9.17, 15) is 9.59 Å². The maximum absolute atomic E-state index is 12.6. The molecule has 1 aromatic heterocycles. The first-order valence-corrected chi connectivity index (χ1v) is 9.66. The van der Waals surface area contributed by atoms with E-state index in [2.05, 4.69) is 31.0 Å². The van der Waals surface area contributed by atoms with E-state index in [0.717, 1.165) is 30.8 Å². The van der Waals surface area contributed by atoms with Crippen molar-refractivity contribution in [1.29, 1.82) is 0 Å². The summed E-state index contributed by atoms with van der Waals surface area (Å²) in [5, 5.41) is 2.99. The maximum Gasteiger partial charge on any atom is 0.264 e. The first-order chi connectivity index (χ1) is 11.4. The van der Waals surface area contributed by atoms with Crippen LogP contribution in [0.1, 0.15) is 47.3 Å². The van der Waals surface area contributed by atoms with Crippen LogP contribution in [0.3, 0.4) is 0 Å². The Bertz CT molecular complexity index is 577. The molecule has 0 radical (unpaired) electrons. The largest absolute Gasteiger partial charge is 0.353 e. The third-order valence-corrected chi connectivity index (χ3v) is 5.97. The van der Waals surface area contributed by atoms with Gasteiger partial charge in [0.05, 0.1) is 11.4 Å². The molecular formula is C18H29N3O2S. The molecule has 1 aliphatic rings. The highest BCUT2D eigenvalue weighted by atomic mass is 32.1. The van der Waals surface area contributed by atoms with Gasteiger partial charge in [-0.2, -0.15) is 0 Å². The number of hydrogen-bond donors (Lipinski definition) is 1. The van der Waals surface area contributed by atoms with Crippen molar-refractivity contribution >= 4 is 23.2 Å². The standard InChI is InChI=1S/C18H29N3O2S/c1-5-14(4)19-17(22)12-20-7-9-21(10-8-20)18(23)16-11-13(3)15(6-2)24-16/h11,14H,5-10,12H2,1-4H3,(H,19,22). The molecule has 2 amide bonds. The normalized spacial score (nSPS) is 16.9. The Morgan fingerprint density at radius 3 is 2.46 bits per heavy atom. The summed E-state index contributed by atoms with van der Waals surface area (Å²) in [5.41, 5.74) is 1.21. The van der Waals surface area contributed by atoms with E-state index in [-0.39, 0.29) is 17.9 Å². The number of rotatable bonds is 6. The van der Waals surface area contributed by atoms with Crippen LogP contribution in [0.4, 0.5) is 0 Å². The second-order valence-electron chi connectivity index (χ2n) is 6.52. The van der Waals surface area contributed by atoms with Gasteiger partial charge in [0.2, 0.25) is 5.91 Å². The topological polar surface area (TPSA) is 52.7 Å². The first-order valence-electron chi connectivity index (χ1n) is 8.84. The van der Waals surface area contributed by atoms with Crippen LogP contribution in [0.15, 0.2) is 6.07 Å². The Morgan fingerprint density at radius 1 is 1.25 bits per heavy atom.